The first-order valence-corrected chi connectivity index (χ1v) is 4.09. The zero-order valence-corrected chi connectivity index (χ0v) is 7.08. The summed E-state index contributed by atoms with van der Waals surface area (Å²) in [6.45, 7) is 4.41. The molecule has 0 aliphatic carbocycles. The predicted molar refractivity (Wildman–Crippen MR) is 42.1 cm³/mol. The summed E-state index contributed by atoms with van der Waals surface area (Å²) in [5, 5.41) is 7.30. The zero-order valence-electron chi connectivity index (χ0n) is 7.08. The van der Waals surface area contributed by atoms with Gasteiger partial charge in [0.25, 0.3) is 0 Å². The Morgan fingerprint density at radius 1 is 1.64 bits per heavy atom. The van der Waals surface area contributed by atoms with Crippen molar-refractivity contribution < 1.29 is 4.63 Å². The van der Waals surface area contributed by atoms with Gasteiger partial charge >= 0.3 is 0 Å². The normalized spacial score (nSPS) is 13.3. The standard InChI is InChI=1S/C8H14N2O/c1-3-4-7(2)5-8-6-9-11-10-8/h6-7H,3-5H2,1-2H3. The third kappa shape index (κ3) is 2.70. The first kappa shape index (κ1) is 8.24. The second kappa shape index (κ2) is 4.11. The molecule has 0 radical (unpaired) electrons. The van der Waals surface area contributed by atoms with Gasteiger partial charge in [-0.2, -0.15) is 0 Å². The van der Waals surface area contributed by atoms with Crippen LogP contribution in [0.5, 0.6) is 0 Å². The number of nitrogens with zero attached hydrogens (tertiary/aromatic N) is 2. The van der Waals surface area contributed by atoms with E-state index in [4.69, 9.17) is 0 Å². The van der Waals surface area contributed by atoms with Crippen LogP contribution in [0.3, 0.4) is 0 Å². The van der Waals surface area contributed by atoms with Crippen LogP contribution < -0.4 is 0 Å². The summed E-state index contributed by atoms with van der Waals surface area (Å²) in [5.41, 5.74) is 0.964. The minimum atomic E-state index is 0.687. The highest BCUT2D eigenvalue weighted by Gasteiger charge is 2.04. The molecule has 0 aromatic carbocycles. The Hall–Kier alpha value is -0.860. The van der Waals surface area contributed by atoms with Gasteiger partial charge in [0.15, 0.2) is 0 Å². The van der Waals surface area contributed by atoms with Crippen molar-refractivity contribution in [2.75, 3.05) is 0 Å². The second-order valence-corrected chi connectivity index (χ2v) is 3.00. The topological polar surface area (TPSA) is 38.9 Å². The predicted octanol–water partition coefficient (Wildman–Crippen LogP) is 2.05. The van der Waals surface area contributed by atoms with Crippen molar-refractivity contribution in [2.24, 2.45) is 5.92 Å². The van der Waals surface area contributed by atoms with Crippen LogP contribution in [0.1, 0.15) is 32.4 Å². The fourth-order valence-corrected chi connectivity index (χ4v) is 1.23. The molecule has 0 fully saturated rings. The van der Waals surface area contributed by atoms with Gasteiger partial charge in [-0.15, -0.1) is 0 Å². The maximum Gasteiger partial charge on any atom is 0.105 e. The van der Waals surface area contributed by atoms with Gasteiger partial charge < -0.3 is 0 Å². The molecule has 0 saturated carbocycles. The molecule has 1 aromatic heterocycles. The van der Waals surface area contributed by atoms with Gasteiger partial charge in [-0.05, 0) is 12.3 Å². The van der Waals surface area contributed by atoms with Crippen LogP contribution in [0, 0.1) is 5.92 Å². The van der Waals surface area contributed by atoms with Crippen LogP contribution in [-0.4, -0.2) is 10.3 Å². The smallest absolute Gasteiger partial charge is 0.105 e. The highest BCUT2D eigenvalue weighted by Crippen LogP contribution is 2.10. The third-order valence-corrected chi connectivity index (χ3v) is 1.75. The van der Waals surface area contributed by atoms with E-state index >= 15 is 0 Å². The second-order valence-electron chi connectivity index (χ2n) is 3.00. The van der Waals surface area contributed by atoms with E-state index in [9.17, 15) is 0 Å². The van der Waals surface area contributed by atoms with Gasteiger partial charge in [-0.25, -0.2) is 4.63 Å². The van der Waals surface area contributed by atoms with E-state index in [0.29, 0.717) is 5.92 Å². The van der Waals surface area contributed by atoms with Crippen molar-refractivity contribution in [1.82, 2.24) is 10.3 Å². The average molecular weight is 154 g/mol. The largest absolute Gasteiger partial charge is 0.244 e. The SMILES string of the molecule is CCCC(C)Cc1cnon1. The Labute approximate surface area is 66.8 Å². The first-order valence-electron chi connectivity index (χ1n) is 4.09. The molecule has 3 heteroatoms. The Kier molecular flexibility index (Phi) is 3.08. The molecule has 1 unspecified atom stereocenters. The fourth-order valence-electron chi connectivity index (χ4n) is 1.23. The number of rotatable bonds is 4. The monoisotopic (exact) mass is 154 g/mol. The van der Waals surface area contributed by atoms with E-state index in [1.165, 1.54) is 12.8 Å². The van der Waals surface area contributed by atoms with Crippen LogP contribution in [0.15, 0.2) is 10.8 Å². The molecule has 11 heavy (non-hydrogen) atoms. The van der Waals surface area contributed by atoms with Gasteiger partial charge in [0.05, 0.1) is 6.20 Å². The van der Waals surface area contributed by atoms with Crippen LogP contribution in [-0.2, 0) is 6.42 Å². The van der Waals surface area contributed by atoms with Gasteiger partial charge in [0.2, 0.25) is 0 Å². The lowest BCUT2D eigenvalue weighted by Gasteiger charge is -2.05. The first-order chi connectivity index (χ1) is 5.33. The summed E-state index contributed by atoms with van der Waals surface area (Å²) >= 11 is 0. The molecule has 0 N–H and O–H groups in total. The van der Waals surface area contributed by atoms with Crippen LogP contribution >= 0.6 is 0 Å². The molecule has 1 aromatic rings. The van der Waals surface area contributed by atoms with Crippen LogP contribution in [0.2, 0.25) is 0 Å². The molecule has 1 heterocycles. The Balaban J connectivity index is 2.31. The zero-order chi connectivity index (χ0) is 8.10. The van der Waals surface area contributed by atoms with E-state index in [1.807, 2.05) is 0 Å². The maximum atomic E-state index is 4.49. The lowest BCUT2D eigenvalue weighted by molar-refractivity contribution is 0.301. The summed E-state index contributed by atoms with van der Waals surface area (Å²) in [7, 11) is 0. The van der Waals surface area contributed by atoms with Gasteiger partial charge in [-0.3, -0.25) is 0 Å². The van der Waals surface area contributed by atoms with Crippen molar-refractivity contribution in [3.63, 3.8) is 0 Å². The van der Waals surface area contributed by atoms with Crippen molar-refractivity contribution in [3.8, 4) is 0 Å². The highest BCUT2D eigenvalue weighted by molar-refractivity contribution is 4.90. The number of hydrogen-bond acceptors (Lipinski definition) is 3. The lowest BCUT2D eigenvalue weighted by Crippen LogP contribution is -1.98. The maximum absolute atomic E-state index is 4.49. The minimum absolute atomic E-state index is 0.687. The van der Waals surface area contributed by atoms with Gasteiger partial charge in [0, 0.05) is 0 Å². The molecular weight excluding hydrogens is 140 g/mol. The number of hydrogen-bond donors (Lipinski definition) is 0. The fraction of sp³-hybridized carbons (Fsp3) is 0.750. The van der Waals surface area contributed by atoms with Crippen molar-refractivity contribution in [1.29, 1.82) is 0 Å². The Morgan fingerprint density at radius 2 is 2.45 bits per heavy atom. The molecule has 62 valence electrons. The lowest BCUT2D eigenvalue weighted by atomic mass is 10.0. The quantitative estimate of drug-likeness (QED) is 0.666. The number of aromatic nitrogens is 2. The molecule has 1 rings (SSSR count). The van der Waals surface area contributed by atoms with E-state index in [2.05, 4.69) is 28.8 Å². The summed E-state index contributed by atoms with van der Waals surface area (Å²) < 4.78 is 4.49. The van der Waals surface area contributed by atoms with E-state index in [1.54, 1.807) is 6.20 Å². The van der Waals surface area contributed by atoms with E-state index < -0.39 is 0 Å². The molecule has 0 bridgehead atoms. The Bertz CT molecular complexity index is 184. The molecule has 0 spiro atoms. The summed E-state index contributed by atoms with van der Waals surface area (Å²) in [6, 6.07) is 0. The van der Waals surface area contributed by atoms with Crippen molar-refractivity contribution in [3.05, 3.63) is 11.9 Å². The molecule has 0 amide bonds. The summed E-state index contributed by atoms with van der Waals surface area (Å²) in [5.74, 6) is 0.687. The average Bonchev–Trinajstić information content (AvgIpc) is 2.40. The minimum Gasteiger partial charge on any atom is -0.244 e. The highest BCUT2D eigenvalue weighted by atomic mass is 16.6. The van der Waals surface area contributed by atoms with E-state index in [-0.39, 0.29) is 0 Å². The van der Waals surface area contributed by atoms with Crippen molar-refractivity contribution >= 4 is 0 Å². The molecular formula is C8H14N2O. The molecule has 3 nitrogen and oxygen atoms in total. The third-order valence-electron chi connectivity index (χ3n) is 1.75. The van der Waals surface area contributed by atoms with Crippen LogP contribution in [0.4, 0.5) is 0 Å². The summed E-state index contributed by atoms with van der Waals surface area (Å²) in [6.07, 6.45) is 5.14. The Morgan fingerprint density at radius 3 is 3.00 bits per heavy atom. The molecule has 0 aliphatic heterocycles. The molecule has 0 aliphatic rings. The van der Waals surface area contributed by atoms with Crippen LogP contribution in [0.25, 0.3) is 0 Å². The van der Waals surface area contributed by atoms with Gasteiger partial charge in [-0.1, -0.05) is 37.0 Å². The molecule has 0 saturated heterocycles. The van der Waals surface area contributed by atoms with E-state index in [0.717, 1.165) is 12.1 Å². The van der Waals surface area contributed by atoms with Gasteiger partial charge in [0.1, 0.15) is 5.69 Å². The summed E-state index contributed by atoms with van der Waals surface area (Å²) in [4.78, 5) is 0. The van der Waals surface area contributed by atoms with Crippen molar-refractivity contribution in [2.45, 2.75) is 33.1 Å². The molecule has 1 atom stereocenters.